The molecule has 1 aromatic carbocycles. The lowest BCUT2D eigenvalue weighted by Crippen LogP contribution is -2.49. The molecule has 7 heteroatoms. The van der Waals surface area contributed by atoms with Crippen LogP contribution in [0.5, 0.6) is 0 Å². The molecular weight excluding hydrogens is 285 g/mol. The third kappa shape index (κ3) is 5.73. The van der Waals surface area contributed by atoms with Crippen molar-refractivity contribution >= 4 is 5.91 Å². The number of carbonyl (C=O) groups excluding carboxylic acids is 1. The molecule has 118 valence electrons. The van der Waals surface area contributed by atoms with Gasteiger partial charge in [0.25, 0.3) is 0 Å². The third-order valence-electron chi connectivity index (χ3n) is 3.12. The van der Waals surface area contributed by atoms with E-state index in [1.807, 2.05) is 0 Å². The maximum atomic E-state index is 11.9. The number of carbonyl (C=O) groups is 1. The molecule has 0 aromatic heterocycles. The van der Waals surface area contributed by atoms with Crippen molar-refractivity contribution in [1.29, 1.82) is 0 Å². The van der Waals surface area contributed by atoms with Gasteiger partial charge in [0, 0.05) is 26.1 Å². The molecule has 0 aliphatic heterocycles. The first-order valence-electron chi connectivity index (χ1n) is 6.54. The molecule has 4 nitrogen and oxygen atoms in total. The molecule has 4 N–H and O–H groups in total. The summed E-state index contributed by atoms with van der Waals surface area (Å²) in [7, 11) is 0. The van der Waals surface area contributed by atoms with E-state index >= 15 is 0 Å². The minimum Gasteiger partial charge on any atom is -0.381 e. The lowest BCUT2D eigenvalue weighted by atomic mass is 9.87. The van der Waals surface area contributed by atoms with E-state index in [0.29, 0.717) is 5.56 Å². The smallest absolute Gasteiger partial charge is 0.381 e. The number of amides is 1. The quantitative estimate of drug-likeness (QED) is 0.722. The summed E-state index contributed by atoms with van der Waals surface area (Å²) in [6.45, 7) is 0.0231. The van der Waals surface area contributed by atoms with Crippen molar-refractivity contribution in [3.63, 3.8) is 0 Å². The van der Waals surface area contributed by atoms with Gasteiger partial charge in [-0.15, -0.1) is 0 Å². The van der Waals surface area contributed by atoms with Gasteiger partial charge in [-0.3, -0.25) is 4.79 Å². The van der Waals surface area contributed by atoms with Crippen LogP contribution in [-0.4, -0.2) is 25.3 Å². The zero-order chi connectivity index (χ0) is 15.9. The number of halogens is 3. The van der Waals surface area contributed by atoms with E-state index in [2.05, 4.69) is 0 Å². The molecule has 0 saturated heterocycles. The normalized spacial score (nSPS) is 14.7. The van der Waals surface area contributed by atoms with E-state index in [1.165, 1.54) is 0 Å². The summed E-state index contributed by atoms with van der Waals surface area (Å²) in [5, 5.41) is 0. The van der Waals surface area contributed by atoms with Crippen molar-refractivity contribution in [2.75, 3.05) is 13.2 Å². The molecule has 0 saturated carbocycles. The second kappa shape index (κ2) is 7.42. The summed E-state index contributed by atoms with van der Waals surface area (Å²) in [5.41, 5.74) is 10.5. The summed E-state index contributed by atoms with van der Waals surface area (Å²) in [4.78, 5) is 11.6. The first-order valence-corrected chi connectivity index (χ1v) is 6.54. The minimum absolute atomic E-state index is 0.0386. The SMILES string of the molecule is NC(=O)C(N)(CCOCCCC(F)(F)F)c1ccccc1. The summed E-state index contributed by atoms with van der Waals surface area (Å²) >= 11 is 0. The van der Waals surface area contributed by atoms with Gasteiger partial charge in [0.1, 0.15) is 5.54 Å². The molecule has 0 heterocycles. The number of alkyl halides is 3. The molecule has 1 aromatic rings. The predicted molar refractivity (Wildman–Crippen MR) is 72.2 cm³/mol. The summed E-state index contributed by atoms with van der Waals surface area (Å²) in [5.74, 6) is -0.701. The third-order valence-corrected chi connectivity index (χ3v) is 3.12. The van der Waals surface area contributed by atoms with Crippen molar-refractivity contribution in [3.8, 4) is 0 Å². The molecule has 0 fully saturated rings. The Bertz CT molecular complexity index is 451. The van der Waals surface area contributed by atoms with Crippen LogP contribution in [0.4, 0.5) is 13.2 Å². The van der Waals surface area contributed by atoms with Gasteiger partial charge in [-0.25, -0.2) is 0 Å². The molecule has 0 aliphatic rings. The Kier molecular flexibility index (Phi) is 6.17. The maximum Gasteiger partial charge on any atom is 0.389 e. The maximum absolute atomic E-state index is 11.9. The summed E-state index contributed by atoms with van der Waals surface area (Å²) in [6, 6.07) is 8.58. The molecule has 0 bridgehead atoms. The number of nitrogens with two attached hydrogens (primary N) is 2. The van der Waals surface area contributed by atoms with E-state index in [0.717, 1.165) is 0 Å². The van der Waals surface area contributed by atoms with E-state index in [4.69, 9.17) is 16.2 Å². The van der Waals surface area contributed by atoms with Crippen molar-refractivity contribution in [3.05, 3.63) is 35.9 Å². The number of ether oxygens (including phenoxy) is 1. The van der Waals surface area contributed by atoms with Crippen molar-refractivity contribution in [2.45, 2.75) is 31.0 Å². The number of primary amides is 1. The van der Waals surface area contributed by atoms with Gasteiger partial charge in [0.05, 0.1) is 0 Å². The Morgan fingerprint density at radius 3 is 2.24 bits per heavy atom. The summed E-state index contributed by atoms with van der Waals surface area (Å²) in [6.07, 6.45) is -5.09. The number of hydrogen-bond donors (Lipinski definition) is 2. The Hall–Kier alpha value is -1.60. The van der Waals surface area contributed by atoms with Gasteiger partial charge in [0.15, 0.2) is 0 Å². The highest BCUT2D eigenvalue weighted by Crippen LogP contribution is 2.23. The predicted octanol–water partition coefficient (Wildman–Crippen LogP) is 2.08. The second-order valence-corrected chi connectivity index (χ2v) is 4.78. The van der Waals surface area contributed by atoms with Crippen LogP contribution in [0.15, 0.2) is 30.3 Å². The molecule has 1 rings (SSSR count). The van der Waals surface area contributed by atoms with Crippen molar-refractivity contribution in [1.82, 2.24) is 0 Å². The molecule has 1 amide bonds. The van der Waals surface area contributed by atoms with E-state index in [9.17, 15) is 18.0 Å². The van der Waals surface area contributed by atoms with Crippen LogP contribution >= 0.6 is 0 Å². The lowest BCUT2D eigenvalue weighted by molar-refractivity contribution is -0.138. The van der Waals surface area contributed by atoms with Gasteiger partial charge in [-0.2, -0.15) is 13.2 Å². The van der Waals surface area contributed by atoms with Crippen LogP contribution in [0.1, 0.15) is 24.8 Å². The molecule has 0 aliphatic carbocycles. The number of rotatable bonds is 8. The average Bonchev–Trinajstić information content (AvgIpc) is 2.42. The van der Waals surface area contributed by atoms with E-state index in [-0.39, 0.29) is 26.1 Å². The van der Waals surface area contributed by atoms with Crippen LogP contribution in [0.2, 0.25) is 0 Å². The fraction of sp³-hybridized carbons (Fsp3) is 0.500. The fourth-order valence-electron chi connectivity index (χ4n) is 1.86. The molecule has 0 spiro atoms. The van der Waals surface area contributed by atoms with Crippen LogP contribution < -0.4 is 11.5 Å². The van der Waals surface area contributed by atoms with E-state index in [1.54, 1.807) is 30.3 Å². The van der Waals surface area contributed by atoms with Crippen LogP contribution in [-0.2, 0) is 15.1 Å². The Labute approximate surface area is 121 Å². The summed E-state index contributed by atoms with van der Waals surface area (Å²) < 4.78 is 40.9. The molecule has 1 atom stereocenters. The minimum atomic E-state index is -4.18. The standard InChI is InChI=1S/C14H19F3N2O2/c15-14(16,17)7-4-9-21-10-8-13(19,12(18)20)11-5-2-1-3-6-11/h1-3,5-6H,4,7-10,19H2,(H2,18,20). The van der Waals surface area contributed by atoms with Gasteiger partial charge in [0.2, 0.25) is 5.91 Å². The van der Waals surface area contributed by atoms with Gasteiger partial charge < -0.3 is 16.2 Å². The largest absolute Gasteiger partial charge is 0.389 e. The Morgan fingerprint density at radius 2 is 1.71 bits per heavy atom. The molecule has 1 unspecified atom stereocenters. The Balaban J connectivity index is 2.45. The van der Waals surface area contributed by atoms with Gasteiger partial charge in [-0.1, -0.05) is 30.3 Å². The molecular formula is C14H19F3N2O2. The van der Waals surface area contributed by atoms with Gasteiger partial charge >= 0.3 is 6.18 Å². The molecule has 21 heavy (non-hydrogen) atoms. The highest BCUT2D eigenvalue weighted by molar-refractivity contribution is 5.85. The highest BCUT2D eigenvalue weighted by Gasteiger charge is 2.33. The van der Waals surface area contributed by atoms with Crippen molar-refractivity contribution < 1.29 is 22.7 Å². The number of hydrogen-bond acceptors (Lipinski definition) is 3. The second-order valence-electron chi connectivity index (χ2n) is 4.78. The van der Waals surface area contributed by atoms with Gasteiger partial charge in [-0.05, 0) is 12.0 Å². The lowest BCUT2D eigenvalue weighted by Gasteiger charge is -2.26. The average molecular weight is 304 g/mol. The van der Waals surface area contributed by atoms with Crippen LogP contribution in [0, 0.1) is 0 Å². The first kappa shape index (κ1) is 17.5. The van der Waals surface area contributed by atoms with Crippen LogP contribution in [0.25, 0.3) is 0 Å². The zero-order valence-corrected chi connectivity index (χ0v) is 11.5. The first-order chi connectivity index (χ1) is 9.76. The fourth-order valence-corrected chi connectivity index (χ4v) is 1.86. The highest BCUT2D eigenvalue weighted by atomic mass is 19.4. The zero-order valence-electron chi connectivity index (χ0n) is 11.5. The Morgan fingerprint density at radius 1 is 1.10 bits per heavy atom. The van der Waals surface area contributed by atoms with Crippen LogP contribution in [0.3, 0.4) is 0 Å². The monoisotopic (exact) mass is 304 g/mol. The van der Waals surface area contributed by atoms with E-state index < -0.39 is 24.0 Å². The number of benzene rings is 1. The van der Waals surface area contributed by atoms with Crippen molar-refractivity contribution in [2.24, 2.45) is 11.5 Å². The topological polar surface area (TPSA) is 78.3 Å². The molecule has 0 radical (unpaired) electrons.